The van der Waals surface area contributed by atoms with Crippen LogP contribution < -0.4 is 5.32 Å². The van der Waals surface area contributed by atoms with Crippen LogP contribution in [0.3, 0.4) is 0 Å². The molecular weight excluding hydrogens is 346 g/mol. The Morgan fingerprint density at radius 2 is 1.75 bits per heavy atom. The summed E-state index contributed by atoms with van der Waals surface area (Å²) in [6, 6.07) is 21.7. The highest BCUT2D eigenvalue weighted by Crippen LogP contribution is 2.26. The van der Waals surface area contributed by atoms with E-state index in [1.165, 1.54) is 18.5 Å². The number of benzene rings is 3. The van der Waals surface area contributed by atoms with Crippen LogP contribution in [0, 0.1) is 0 Å². The molecule has 0 atom stereocenters. The van der Waals surface area contributed by atoms with E-state index in [2.05, 4.69) is 14.9 Å². The largest absolute Gasteiger partial charge is 0.328 e. The summed E-state index contributed by atoms with van der Waals surface area (Å²) in [6.45, 7) is 1.03. The first-order valence-electron chi connectivity index (χ1n) is 9.73. The Balaban J connectivity index is 1.39. The molecule has 0 bridgehead atoms. The van der Waals surface area contributed by atoms with Crippen LogP contribution in [0.2, 0.25) is 0 Å². The van der Waals surface area contributed by atoms with Crippen LogP contribution in [0.1, 0.15) is 28.9 Å². The van der Waals surface area contributed by atoms with Crippen molar-refractivity contribution in [3.63, 3.8) is 0 Å². The average molecular weight is 367 g/mol. The van der Waals surface area contributed by atoms with Gasteiger partial charge in [-0.15, -0.1) is 0 Å². The summed E-state index contributed by atoms with van der Waals surface area (Å²) in [5.41, 5.74) is 3.86. The lowest BCUT2D eigenvalue weighted by Gasteiger charge is -2.16. The summed E-state index contributed by atoms with van der Waals surface area (Å²) < 4.78 is 2.31. The van der Waals surface area contributed by atoms with Crippen molar-refractivity contribution in [1.82, 2.24) is 9.55 Å². The van der Waals surface area contributed by atoms with Gasteiger partial charge in [0.25, 0.3) is 5.91 Å². The normalized spacial score (nSPS) is 13.3. The Kier molecular flexibility index (Phi) is 4.17. The predicted molar refractivity (Wildman–Crippen MR) is 113 cm³/mol. The quantitative estimate of drug-likeness (QED) is 0.535. The number of carbonyl (C=O) groups is 1. The lowest BCUT2D eigenvalue weighted by atomic mass is 10.0. The number of hydrogen-bond donors (Lipinski definition) is 1. The number of nitrogens with zero attached hydrogens (tertiary/aromatic N) is 2. The summed E-state index contributed by atoms with van der Waals surface area (Å²) in [5, 5.41) is 5.04. The van der Waals surface area contributed by atoms with Gasteiger partial charge in [-0.25, -0.2) is 4.98 Å². The maximum atomic E-state index is 12.8. The van der Waals surface area contributed by atoms with Crippen molar-refractivity contribution in [2.75, 3.05) is 5.32 Å². The zero-order chi connectivity index (χ0) is 18.9. The first kappa shape index (κ1) is 16.8. The van der Waals surface area contributed by atoms with Gasteiger partial charge in [0.05, 0.1) is 0 Å². The zero-order valence-electron chi connectivity index (χ0n) is 15.6. The van der Waals surface area contributed by atoms with Crippen molar-refractivity contribution in [2.24, 2.45) is 0 Å². The van der Waals surface area contributed by atoms with Crippen molar-refractivity contribution in [3.05, 3.63) is 84.2 Å². The first-order chi connectivity index (χ1) is 13.8. The van der Waals surface area contributed by atoms with Crippen molar-refractivity contribution >= 4 is 22.4 Å². The van der Waals surface area contributed by atoms with E-state index in [1.807, 2.05) is 72.9 Å². The van der Waals surface area contributed by atoms with Crippen LogP contribution >= 0.6 is 0 Å². The lowest BCUT2D eigenvalue weighted by molar-refractivity contribution is 0.102. The van der Waals surface area contributed by atoms with E-state index in [4.69, 9.17) is 0 Å². The number of amides is 1. The maximum absolute atomic E-state index is 12.8. The third kappa shape index (κ3) is 2.97. The van der Waals surface area contributed by atoms with E-state index in [0.717, 1.165) is 40.8 Å². The van der Waals surface area contributed by atoms with Gasteiger partial charge in [-0.2, -0.15) is 0 Å². The molecule has 0 saturated heterocycles. The standard InChI is InChI=1S/C24H21N3O/c28-24(22-10-5-7-17-6-1-2-9-21(17)22)26-19-13-11-18(12-14-19)23-25-16-20-8-3-4-15-27(20)23/h1-2,5-7,9-14,16H,3-4,8,15H2,(H,26,28). The molecule has 4 nitrogen and oxygen atoms in total. The molecule has 1 aromatic heterocycles. The molecule has 1 aliphatic heterocycles. The third-order valence-electron chi connectivity index (χ3n) is 5.44. The highest BCUT2D eigenvalue weighted by molar-refractivity contribution is 6.12. The molecule has 28 heavy (non-hydrogen) atoms. The molecule has 138 valence electrons. The van der Waals surface area contributed by atoms with Crippen LogP contribution in [0.5, 0.6) is 0 Å². The van der Waals surface area contributed by atoms with Gasteiger partial charge < -0.3 is 9.88 Å². The molecule has 4 heteroatoms. The summed E-state index contributed by atoms with van der Waals surface area (Å²) in [4.78, 5) is 17.4. The highest BCUT2D eigenvalue weighted by Gasteiger charge is 2.15. The number of rotatable bonds is 3. The second-order valence-electron chi connectivity index (χ2n) is 7.24. The number of hydrogen-bond acceptors (Lipinski definition) is 2. The third-order valence-corrected chi connectivity index (χ3v) is 5.44. The Bertz CT molecular complexity index is 1150. The Morgan fingerprint density at radius 1 is 0.929 bits per heavy atom. The monoisotopic (exact) mass is 367 g/mol. The minimum absolute atomic E-state index is 0.0947. The van der Waals surface area contributed by atoms with E-state index >= 15 is 0 Å². The highest BCUT2D eigenvalue weighted by atomic mass is 16.1. The number of carbonyl (C=O) groups excluding carboxylic acids is 1. The summed E-state index contributed by atoms with van der Waals surface area (Å²) in [6.07, 6.45) is 5.54. The molecule has 0 radical (unpaired) electrons. The van der Waals surface area contributed by atoms with E-state index in [9.17, 15) is 4.79 Å². The predicted octanol–water partition coefficient (Wildman–Crippen LogP) is 5.29. The Hall–Kier alpha value is -3.40. The molecule has 3 aromatic carbocycles. The van der Waals surface area contributed by atoms with Gasteiger partial charge in [-0.1, -0.05) is 36.4 Å². The SMILES string of the molecule is O=C(Nc1ccc(-c2ncc3n2CCCC3)cc1)c1cccc2ccccc12. The van der Waals surface area contributed by atoms with Gasteiger partial charge in [0.2, 0.25) is 0 Å². The fourth-order valence-corrected chi connectivity index (χ4v) is 3.99. The Labute approximate surface area is 163 Å². The summed E-state index contributed by atoms with van der Waals surface area (Å²) in [7, 11) is 0. The first-order valence-corrected chi connectivity index (χ1v) is 9.73. The van der Waals surface area contributed by atoms with Gasteiger partial charge in [-0.3, -0.25) is 4.79 Å². The molecule has 0 spiro atoms. The van der Waals surface area contributed by atoms with Crippen molar-refractivity contribution in [1.29, 1.82) is 0 Å². The zero-order valence-corrected chi connectivity index (χ0v) is 15.6. The lowest BCUT2D eigenvalue weighted by Crippen LogP contribution is -2.12. The van der Waals surface area contributed by atoms with Crippen LogP contribution in [0.25, 0.3) is 22.2 Å². The van der Waals surface area contributed by atoms with E-state index in [1.54, 1.807) is 0 Å². The van der Waals surface area contributed by atoms with Gasteiger partial charge in [0, 0.05) is 35.2 Å². The smallest absolute Gasteiger partial charge is 0.256 e. The summed E-state index contributed by atoms with van der Waals surface area (Å²) in [5.74, 6) is 0.921. The van der Waals surface area contributed by atoms with E-state index < -0.39 is 0 Å². The minimum atomic E-state index is -0.0947. The topological polar surface area (TPSA) is 46.9 Å². The van der Waals surface area contributed by atoms with Crippen LogP contribution in [0.4, 0.5) is 5.69 Å². The molecule has 1 N–H and O–H groups in total. The number of imidazole rings is 1. The van der Waals surface area contributed by atoms with E-state index in [-0.39, 0.29) is 5.91 Å². The molecule has 5 rings (SSSR count). The van der Waals surface area contributed by atoms with E-state index in [0.29, 0.717) is 5.56 Å². The second kappa shape index (κ2) is 6.97. The van der Waals surface area contributed by atoms with Crippen molar-refractivity contribution < 1.29 is 4.79 Å². The molecule has 1 amide bonds. The second-order valence-corrected chi connectivity index (χ2v) is 7.24. The van der Waals surface area contributed by atoms with Crippen molar-refractivity contribution in [3.8, 4) is 11.4 Å². The van der Waals surface area contributed by atoms with Crippen LogP contribution in [0.15, 0.2) is 72.9 Å². The minimum Gasteiger partial charge on any atom is -0.328 e. The number of aromatic nitrogens is 2. The molecular formula is C24H21N3O. The molecule has 0 fully saturated rings. The molecule has 1 aliphatic rings. The molecule has 0 saturated carbocycles. The molecule has 4 aromatic rings. The van der Waals surface area contributed by atoms with Gasteiger partial charge in [0.15, 0.2) is 0 Å². The number of aryl methyl sites for hydroxylation is 1. The fraction of sp³-hybridized carbons (Fsp3) is 0.167. The average Bonchev–Trinajstić information content (AvgIpc) is 3.18. The number of fused-ring (bicyclic) bond motifs is 2. The van der Waals surface area contributed by atoms with Gasteiger partial charge in [-0.05, 0) is 60.4 Å². The number of anilines is 1. The van der Waals surface area contributed by atoms with Crippen molar-refractivity contribution in [2.45, 2.75) is 25.8 Å². The van der Waals surface area contributed by atoms with Gasteiger partial charge in [0.1, 0.15) is 5.82 Å². The fourth-order valence-electron chi connectivity index (χ4n) is 3.99. The maximum Gasteiger partial charge on any atom is 0.256 e. The molecule has 2 heterocycles. The van der Waals surface area contributed by atoms with Crippen LogP contribution in [-0.2, 0) is 13.0 Å². The number of nitrogens with one attached hydrogen (secondary N) is 1. The Morgan fingerprint density at radius 3 is 2.64 bits per heavy atom. The van der Waals surface area contributed by atoms with Gasteiger partial charge >= 0.3 is 0 Å². The molecule has 0 aliphatic carbocycles. The summed E-state index contributed by atoms with van der Waals surface area (Å²) >= 11 is 0. The molecule has 0 unspecified atom stereocenters. The van der Waals surface area contributed by atoms with Crippen LogP contribution in [-0.4, -0.2) is 15.5 Å².